The van der Waals surface area contributed by atoms with Crippen LogP contribution in [0.3, 0.4) is 0 Å². The number of carbonyl (C=O) groups excluding carboxylic acids is 1. The fourth-order valence-electron chi connectivity index (χ4n) is 2.68. The van der Waals surface area contributed by atoms with Crippen LogP contribution in [0.4, 0.5) is 5.69 Å². The third-order valence-electron chi connectivity index (χ3n) is 3.92. The molecule has 7 heteroatoms. The summed E-state index contributed by atoms with van der Waals surface area (Å²) in [6, 6.07) is 13.2. The standard InChI is InChI=1S/C22H27ClN2O3S/c1-4-27-21(26)19-14-17(10-11-20(19)23)25-22(29)24-12-6-8-16-7-5-9-18(13-16)28-15(2)3/h5,7,9-11,13-15H,4,6,8,12H2,1-3H3,(H2,24,25,29). The maximum absolute atomic E-state index is 11.9. The quantitative estimate of drug-likeness (QED) is 0.320. The molecule has 2 N–H and O–H groups in total. The SMILES string of the molecule is CCOC(=O)c1cc(NC(=S)NCCCc2cccc(OC(C)C)c2)ccc1Cl. The number of hydrogen-bond acceptors (Lipinski definition) is 4. The monoisotopic (exact) mass is 434 g/mol. The lowest BCUT2D eigenvalue weighted by Crippen LogP contribution is -2.29. The lowest BCUT2D eigenvalue weighted by Gasteiger charge is -2.13. The molecule has 29 heavy (non-hydrogen) atoms. The molecule has 0 aromatic heterocycles. The molecular formula is C22H27ClN2O3S. The molecule has 156 valence electrons. The van der Waals surface area contributed by atoms with Crippen LogP contribution < -0.4 is 15.4 Å². The number of esters is 1. The highest BCUT2D eigenvalue weighted by Gasteiger charge is 2.12. The van der Waals surface area contributed by atoms with Gasteiger partial charge >= 0.3 is 5.97 Å². The van der Waals surface area contributed by atoms with Gasteiger partial charge in [0.05, 0.1) is 23.3 Å². The van der Waals surface area contributed by atoms with Crippen molar-refractivity contribution in [2.24, 2.45) is 0 Å². The lowest BCUT2D eigenvalue weighted by molar-refractivity contribution is 0.0526. The molecule has 0 aliphatic rings. The molecule has 0 radical (unpaired) electrons. The molecule has 0 saturated carbocycles. The van der Waals surface area contributed by atoms with Gasteiger partial charge in [0.1, 0.15) is 5.75 Å². The smallest absolute Gasteiger partial charge is 0.339 e. The number of carbonyl (C=O) groups is 1. The zero-order valence-corrected chi connectivity index (χ0v) is 18.5. The largest absolute Gasteiger partial charge is 0.491 e. The van der Waals surface area contributed by atoms with Gasteiger partial charge in [-0.1, -0.05) is 23.7 Å². The van der Waals surface area contributed by atoms with Gasteiger partial charge in [0, 0.05) is 12.2 Å². The Hall–Kier alpha value is -2.31. The molecule has 2 aromatic rings. The second-order valence-corrected chi connectivity index (χ2v) is 7.53. The molecule has 0 aliphatic carbocycles. The Kier molecular flexibility index (Phi) is 9.22. The topological polar surface area (TPSA) is 59.6 Å². The van der Waals surface area contributed by atoms with Crippen LogP contribution in [0.5, 0.6) is 5.75 Å². The Morgan fingerprint density at radius 3 is 2.72 bits per heavy atom. The molecule has 0 bridgehead atoms. The van der Waals surface area contributed by atoms with Crippen LogP contribution in [0, 0.1) is 0 Å². The predicted octanol–water partition coefficient (Wildman–Crippen LogP) is 5.22. The van der Waals surface area contributed by atoms with Gasteiger partial charge in [-0.15, -0.1) is 0 Å². The number of ether oxygens (including phenoxy) is 2. The van der Waals surface area contributed by atoms with Gasteiger partial charge in [-0.25, -0.2) is 4.79 Å². The van der Waals surface area contributed by atoms with E-state index in [4.69, 9.17) is 33.3 Å². The van der Waals surface area contributed by atoms with Gasteiger partial charge in [0.2, 0.25) is 0 Å². The van der Waals surface area contributed by atoms with Crippen LogP contribution >= 0.6 is 23.8 Å². The summed E-state index contributed by atoms with van der Waals surface area (Å²) in [5.74, 6) is 0.437. The Bertz CT molecular complexity index is 843. The lowest BCUT2D eigenvalue weighted by atomic mass is 10.1. The van der Waals surface area contributed by atoms with Gasteiger partial charge in [0.25, 0.3) is 0 Å². The highest BCUT2D eigenvalue weighted by atomic mass is 35.5. The first-order valence-electron chi connectivity index (χ1n) is 9.66. The molecule has 0 fully saturated rings. The summed E-state index contributed by atoms with van der Waals surface area (Å²) in [6.45, 7) is 6.79. The normalized spacial score (nSPS) is 10.5. The molecule has 0 spiro atoms. The van der Waals surface area contributed by atoms with Gasteiger partial charge in [-0.3, -0.25) is 0 Å². The van der Waals surface area contributed by atoms with E-state index in [0.717, 1.165) is 25.1 Å². The van der Waals surface area contributed by atoms with E-state index >= 15 is 0 Å². The molecule has 0 unspecified atom stereocenters. The summed E-state index contributed by atoms with van der Waals surface area (Å²) in [5.41, 5.74) is 2.21. The van der Waals surface area contributed by atoms with Crippen LogP contribution in [0.2, 0.25) is 5.02 Å². The number of rotatable bonds is 9. The molecule has 2 rings (SSSR count). The molecule has 0 saturated heterocycles. The summed E-state index contributed by atoms with van der Waals surface area (Å²) in [6.07, 6.45) is 1.99. The number of anilines is 1. The number of hydrogen-bond donors (Lipinski definition) is 2. The Morgan fingerprint density at radius 2 is 2.00 bits per heavy atom. The summed E-state index contributed by atoms with van der Waals surface area (Å²) < 4.78 is 10.7. The van der Waals surface area contributed by atoms with Crippen LogP contribution in [0.25, 0.3) is 0 Å². The average molecular weight is 435 g/mol. The maximum Gasteiger partial charge on any atom is 0.339 e. The first-order valence-corrected chi connectivity index (χ1v) is 10.4. The van der Waals surface area contributed by atoms with Gasteiger partial charge < -0.3 is 20.1 Å². The minimum Gasteiger partial charge on any atom is -0.491 e. The highest BCUT2D eigenvalue weighted by molar-refractivity contribution is 7.80. The molecule has 0 aliphatic heterocycles. The van der Waals surface area contributed by atoms with Gasteiger partial charge in [-0.2, -0.15) is 0 Å². The fourth-order valence-corrected chi connectivity index (χ4v) is 3.10. The van der Waals surface area contributed by atoms with Crippen molar-refractivity contribution in [3.63, 3.8) is 0 Å². The van der Waals surface area contributed by atoms with E-state index in [2.05, 4.69) is 22.8 Å². The number of aryl methyl sites for hydroxylation is 1. The summed E-state index contributed by atoms with van der Waals surface area (Å²) >= 11 is 11.4. The Labute approximate surface area is 182 Å². The number of thiocarbonyl (C=S) groups is 1. The van der Waals surface area contributed by atoms with E-state index in [1.54, 1.807) is 25.1 Å². The van der Waals surface area contributed by atoms with Crippen molar-refractivity contribution in [2.45, 2.75) is 39.7 Å². The van der Waals surface area contributed by atoms with E-state index in [1.165, 1.54) is 5.56 Å². The first kappa shape index (κ1) is 23.0. The molecule has 2 aromatic carbocycles. The van der Waals surface area contributed by atoms with E-state index in [1.807, 2.05) is 26.0 Å². The van der Waals surface area contributed by atoms with Gasteiger partial charge in [-0.05, 0) is 81.7 Å². The number of halogens is 1. The summed E-state index contributed by atoms with van der Waals surface area (Å²) in [5, 5.41) is 7.08. The van der Waals surface area contributed by atoms with Crippen molar-refractivity contribution < 1.29 is 14.3 Å². The van der Waals surface area contributed by atoms with E-state index in [-0.39, 0.29) is 6.10 Å². The van der Waals surface area contributed by atoms with Crippen LogP contribution in [-0.4, -0.2) is 30.3 Å². The average Bonchev–Trinajstić information content (AvgIpc) is 2.67. The second kappa shape index (κ2) is 11.6. The molecule has 0 amide bonds. The van der Waals surface area contributed by atoms with Crippen molar-refractivity contribution in [3.8, 4) is 5.75 Å². The van der Waals surface area contributed by atoms with Crippen molar-refractivity contribution in [3.05, 3.63) is 58.6 Å². The maximum atomic E-state index is 11.9. The minimum absolute atomic E-state index is 0.160. The Morgan fingerprint density at radius 1 is 1.21 bits per heavy atom. The number of benzene rings is 2. The van der Waals surface area contributed by atoms with E-state index in [0.29, 0.717) is 28.0 Å². The van der Waals surface area contributed by atoms with Gasteiger partial charge in [0.15, 0.2) is 5.11 Å². The van der Waals surface area contributed by atoms with Crippen LogP contribution in [-0.2, 0) is 11.2 Å². The Balaban J connectivity index is 1.80. The minimum atomic E-state index is -0.455. The first-order chi connectivity index (χ1) is 13.9. The molecule has 0 heterocycles. The fraction of sp³-hybridized carbons (Fsp3) is 0.364. The molecule has 5 nitrogen and oxygen atoms in total. The van der Waals surface area contributed by atoms with Crippen molar-refractivity contribution in [2.75, 3.05) is 18.5 Å². The third kappa shape index (κ3) is 7.91. The van der Waals surface area contributed by atoms with Crippen molar-refractivity contribution in [1.82, 2.24) is 5.32 Å². The van der Waals surface area contributed by atoms with Crippen LogP contribution in [0.15, 0.2) is 42.5 Å². The van der Waals surface area contributed by atoms with Crippen LogP contribution in [0.1, 0.15) is 43.1 Å². The van der Waals surface area contributed by atoms with E-state index < -0.39 is 5.97 Å². The highest BCUT2D eigenvalue weighted by Crippen LogP contribution is 2.21. The third-order valence-corrected chi connectivity index (χ3v) is 4.49. The number of nitrogens with one attached hydrogen (secondary N) is 2. The molecular weight excluding hydrogens is 408 g/mol. The molecule has 0 atom stereocenters. The van der Waals surface area contributed by atoms with Crippen molar-refractivity contribution in [1.29, 1.82) is 0 Å². The van der Waals surface area contributed by atoms with Crippen molar-refractivity contribution >= 4 is 40.6 Å². The summed E-state index contributed by atoms with van der Waals surface area (Å²) in [7, 11) is 0. The predicted molar refractivity (Wildman–Crippen MR) is 122 cm³/mol. The second-order valence-electron chi connectivity index (χ2n) is 6.71. The zero-order valence-electron chi connectivity index (χ0n) is 17.0. The summed E-state index contributed by atoms with van der Waals surface area (Å²) in [4.78, 5) is 11.9. The van der Waals surface area contributed by atoms with E-state index in [9.17, 15) is 4.79 Å². The zero-order chi connectivity index (χ0) is 21.2.